The van der Waals surface area contributed by atoms with E-state index in [1.807, 2.05) is 48.3 Å². The highest BCUT2D eigenvalue weighted by Gasteiger charge is 2.05. The Morgan fingerprint density at radius 2 is 2.12 bits per heavy atom. The van der Waals surface area contributed by atoms with Crippen LogP contribution in [0.3, 0.4) is 0 Å². The smallest absolute Gasteiger partial charge is 0.193 e. The van der Waals surface area contributed by atoms with Gasteiger partial charge in [0, 0.05) is 44.1 Å². The molecule has 0 spiro atoms. The van der Waals surface area contributed by atoms with E-state index >= 15 is 0 Å². The summed E-state index contributed by atoms with van der Waals surface area (Å²) < 4.78 is 7.66. The molecule has 0 saturated carbocycles. The molecule has 0 aliphatic heterocycles. The summed E-state index contributed by atoms with van der Waals surface area (Å²) in [5, 5.41) is 8.22. The summed E-state index contributed by atoms with van der Waals surface area (Å²) in [6, 6.07) is 9.33. The Morgan fingerprint density at radius 3 is 2.77 bits per heavy atom. The van der Waals surface area contributed by atoms with Crippen LogP contribution in [0.1, 0.15) is 13.3 Å². The van der Waals surface area contributed by atoms with Gasteiger partial charge < -0.3 is 15.0 Å². The fraction of sp³-hybridized carbons (Fsp3) is 0.444. The first kappa shape index (κ1) is 22.6. The molecule has 0 fully saturated rings. The second-order valence-electron chi connectivity index (χ2n) is 5.58. The van der Waals surface area contributed by atoms with Crippen molar-refractivity contribution >= 4 is 41.5 Å². The van der Waals surface area contributed by atoms with Crippen LogP contribution in [0.25, 0.3) is 0 Å². The van der Waals surface area contributed by atoms with Gasteiger partial charge in [-0.15, -0.1) is 24.0 Å². The average Bonchev–Trinajstić information content (AvgIpc) is 3.12. The van der Waals surface area contributed by atoms with Crippen molar-refractivity contribution in [1.29, 1.82) is 0 Å². The van der Waals surface area contributed by atoms with E-state index in [2.05, 4.69) is 27.2 Å². The lowest BCUT2D eigenvalue weighted by atomic mass is 10.3. The van der Waals surface area contributed by atoms with Crippen molar-refractivity contribution in [1.82, 2.24) is 20.0 Å². The van der Waals surface area contributed by atoms with Gasteiger partial charge in [0.15, 0.2) is 5.96 Å². The molecule has 1 N–H and O–H groups in total. The van der Waals surface area contributed by atoms with Gasteiger partial charge in [0.1, 0.15) is 12.4 Å². The lowest BCUT2D eigenvalue weighted by Gasteiger charge is -2.22. The standard InChI is InChI=1S/C18H26ClN5O.HI/c1-3-20-18(21-10-4-12-24-13-5-11-22-24)23(2)14-15-25-17-8-6-16(19)7-9-17;/h5-9,11,13H,3-4,10,12,14-15H2,1-2H3,(H,20,21);1H. The van der Waals surface area contributed by atoms with Crippen LogP contribution in [0.2, 0.25) is 5.02 Å². The lowest BCUT2D eigenvalue weighted by Crippen LogP contribution is -2.41. The van der Waals surface area contributed by atoms with Crippen molar-refractivity contribution in [3.63, 3.8) is 0 Å². The van der Waals surface area contributed by atoms with Crippen LogP contribution in [-0.2, 0) is 6.54 Å². The monoisotopic (exact) mass is 491 g/mol. The molecule has 0 atom stereocenters. The van der Waals surface area contributed by atoms with Crippen LogP contribution in [0.4, 0.5) is 0 Å². The van der Waals surface area contributed by atoms with Crippen molar-refractivity contribution in [2.45, 2.75) is 19.9 Å². The highest BCUT2D eigenvalue weighted by molar-refractivity contribution is 14.0. The second kappa shape index (κ2) is 12.8. The zero-order valence-corrected chi connectivity index (χ0v) is 18.4. The van der Waals surface area contributed by atoms with Gasteiger partial charge in [0.2, 0.25) is 0 Å². The zero-order chi connectivity index (χ0) is 17.9. The number of ether oxygens (including phenoxy) is 1. The maximum Gasteiger partial charge on any atom is 0.193 e. The highest BCUT2D eigenvalue weighted by Crippen LogP contribution is 2.15. The molecule has 0 amide bonds. The molecule has 0 radical (unpaired) electrons. The Balaban J connectivity index is 0.00000338. The number of likely N-dealkylation sites (N-methyl/N-ethyl adjacent to an activating group) is 1. The van der Waals surface area contributed by atoms with Gasteiger partial charge in [-0.2, -0.15) is 5.10 Å². The molecule has 0 unspecified atom stereocenters. The molecule has 2 rings (SSSR count). The molecule has 0 aliphatic carbocycles. The largest absolute Gasteiger partial charge is 0.492 e. The zero-order valence-electron chi connectivity index (χ0n) is 15.3. The molecule has 2 aromatic rings. The van der Waals surface area contributed by atoms with Crippen molar-refractivity contribution in [3.05, 3.63) is 47.7 Å². The number of nitrogens with zero attached hydrogens (tertiary/aromatic N) is 4. The first-order chi connectivity index (χ1) is 12.2. The van der Waals surface area contributed by atoms with Crippen LogP contribution in [0.5, 0.6) is 5.75 Å². The van der Waals surface area contributed by atoms with Crippen molar-refractivity contribution in [2.75, 3.05) is 33.3 Å². The molecule has 0 bridgehead atoms. The molecule has 1 heterocycles. The molecule has 0 saturated heterocycles. The summed E-state index contributed by atoms with van der Waals surface area (Å²) >= 11 is 5.87. The van der Waals surface area contributed by atoms with Crippen molar-refractivity contribution < 1.29 is 4.74 Å². The van der Waals surface area contributed by atoms with E-state index in [1.165, 1.54) is 0 Å². The number of aliphatic imine (C=N–C) groups is 1. The first-order valence-electron chi connectivity index (χ1n) is 8.54. The molecule has 0 aliphatic rings. The van der Waals surface area contributed by atoms with Gasteiger partial charge in [0.25, 0.3) is 0 Å². The Kier molecular flexibility index (Phi) is 11.1. The van der Waals surface area contributed by atoms with Crippen molar-refractivity contribution in [3.8, 4) is 5.75 Å². The predicted octanol–water partition coefficient (Wildman–Crippen LogP) is 3.52. The van der Waals surface area contributed by atoms with E-state index in [0.29, 0.717) is 11.6 Å². The molecular weight excluding hydrogens is 465 g/mol. The van der Waals surface area contributed by atoms with E-state index < -0.39 is 0 Å². The Labute approximate surface area is 177 Å². The Hall–Kier alpha value is -1.48. The Bertz CT molecular complexity index is 634. The molecule has 8 heteroatoms. The number of benzene rings is 1. The predicted molar refractivity (Wildman–Crippen MR) is 118 cm³/mol. The van der Waals surface area contributed by atoms with Crippen molar-refractivity contribution in [2.24, 2.45) is 4.99 Å². The number of halogens is 2. The molecule has 1 aromatic carbocycles. The topological polar surface area (TPSA) is 54.7 Å². The van der Waals surface area contributed by atoms with Gasteiger partial charge in [-0.3, -0.25) is 9.67 Å². The minimum Gasteiger partial charge on any atom is -0.492 e. The normalized spacial score (nSPS) is 11.0. The number of hydrogen-bond acceptors (Lipinski definition) is 3. The van der Waals surface area contributed by atoms with Gasteiger partial charge >= 0.3 is 0 Å². The van der Waals surface area contributed by atoms with Crippen LogP contribution in [-0.4, -0.2) is 53.9 Å². The number of nitrogens with one attached hydrogen (secondary N) is 1. The maximum absolute atomic E-state index is 5.87. The van der Waals surface area contributed by atoms with Crippen LogP contribution >= 0.6 is 35.6 Å². The average molecular weight is 492 g/mol. The first-order valence-corrected chi connectivity index (χ1v) is 8.92. The maximum atomic E-state index is 5.87. The molecule has 144 valence electrons. The molecular formula is C18H27ClIN5O. The number of aryl methyl sites for hydroxylation is 1. The van der Waals surface area contributed by atoms with E-state index in [0.717, 1.165) is 44.3 Å². The second-order valence-corrected chi connectivity index (χ2v) is 6.02. The number of rotatable bonds is 9. The van der Waals surface area contributed by atoms with E-state index in [1.54, 1.807) is 6.20 Å². The molecule has 1 aromatic heterocycles. The van der Waals surface area contributed by atoms with Gasteiger partial charge in [0.05, 0.1) is 6.54 Å². The summed E-state index contributed by atoms with van der Waals surface area (Å²) in [6.45, 7) is 5.85. The molecule has 26 heavy (non-hydrogen) atoms. The third-order valence-corrected chi connectivity index (χ3v) is 3.82. The van der Waals surface area contributed by atoms with Gasteiger partial charge in [-0.25, -0.2) is 0 Å². The quantitative estimate of drug-likeness (QED) is 0.252. The van der Waals surface area contributed by atoms with Gasteiger partial charge in [-0.05, 0) is 43.7 Å². The van der Waals surface area contributed by atoms with Gasteiger partial charge in [-0.1, -0.05) is 11.6 Å². The van der Waals surface area contributed by atoms with Crippen LogP contribution < -0.4 is 10.1 Å². The summed E-state index contributed by atoms with van der Waals surface area (Å²) in [5.41, 5.74) is 0. The summed E-state index contributed by atoms with van der Waals surface area (Å²) in [6.07, 6.45) is 4.71. The SMILES string of the molecule is CCNC(=NCCCn1cccn1)N(C)CCOc1ccc(Cl)cc1.I. The minimum absolute atomic E-state index is 0. The fourth-order valence-electron chi connectivity index (χ4n) is 2.26. The highest BCUT2D eigenvalue weighted by atomic mass is 127. The van der Waals surface area contributed by atoms with E-state index in [9.17, 15) is 0 Å². The van der Waals surface area contributed by atoms with E-state index in [4.69, 9.17) is 16.3 Å². The minimum atomic E-state index is 0. The third kappa shape index (κ3) is 8.27. The summed E-state index contributed by atoms with van der Waals surface area (Å²) in [4.78, 5) is 6.74. The molecule has 6 nitrogen and oxygen atoms in total. The summed E-state index contributed by atoms with van der Waals surface area (Å²) in [5.74, 6) is 1.71. The number of guanidine groups is 1. The van der Waals surface area contributed by atoms with Crippen LogP contribution in [0.15, 0.2) is 47.7 Å². The number of aromatic nitrogens is 2. The van der Waals surface area contributed by atoms with Crippen LogP contribution in [0, 0.1) is 0 Å². The number of hydrogen-bond donors (Lipinski definition) is 1. The Morgan fingerprint density at radius 1 is 1.35 bits per heavy atom. The fourth-order valence-corrected chi connectivity index (χ4v) is 2.38. The summed E-state index contributed by atoms with van der Waals surface area (Å²) in [7, 11) is 2.01. The lowest BCUT2D eigenvalue weighted by molar-refractivity contribution is 0.281. The third-order valence-electron chi connectivity index (χ3n) is 3.57. The van der Waals surface area contributed by atoms with E-state index in [-0.39, 0.29) is 24.0 Å².